The van der Waals surface area contributed by atoms with Crippen molar-refractivity contribution in [1.82, 2.24) is 5.32 Å². The Bertz CT molecular complexity index is 831. The van der Waals surface area contributed by atoms with Gasteiger partial charge in [0.2, 0.25) is 5.75 Å². The molecule has 0 bridgehead atoms. The van der Waals surface area contributed by atoms with Gasteiger partial charge in [-0.05, 0) is 24.3 Å². The normalized spacial score (nSPS) is 10.1. The van der Waals surface area contributed by atoms with Crippen LogP contribution in [0.15, 0.2) is 36.4 Å². The average Bonchev–Trinajstić information content (AvgIpc) is 2.74. The molecule has 0 saturated heterocycles. The molecule has 0 atom stereocenters. The predicted octanol–water partition coefficient (Wildman–Crippen LogP) is 2.20. The van der Waals surface area contributed by atoms with E-state index in [0.29, 0.717) is 17.2 Å². The number of para-hydroxylation sites is 1. The zero-order valence-corrected chi connectivity index (χ0v) is 16.3. The highest BCUT2D eigenvalue weighted by atomic mass is 19.1. The zero-order chi connectivity index (χ0) is 21.2. The Hall–Kier alpha value is -3.49. The highest BCUT2D eigenvalue weighted by molar-refractivity contribution is 5.97. The third-order valence-electron chi connectivity index (χ3n) is 3.76. The monoisotopic (exact) mass is 407 g/mol. The highest BCUT2D eigenvalue weighted by Gasteiger charge is 2.17. The van der Waals surface area contributed by atoms with Gasteiger partial charge in [-0.25, -0.2) is 4.39 Å². The Balaban J connectivity index is 1.82. The number of benzene rings is 2. The van der Waals surface area contributed by atoms with Gasteiger partial charge in [-0.1, -0.05) is 12.1 Å². The van der Waals surface area contributed by atoms with E-state index in [1.807, 2.05) is 0 Å². The lowest BCUT2D eigenvalue weighted by molar-refractivity contribution is -0.143. The Labute approximate surface area is 167 Å². The molecule has 0 aliphatic carbocycles. The predicted molar refractivity (Wildman–Crippen MR) is 101 cm³/mol. The van der Waals surface area contributed by atoms with Crippen LogP contribution < -0.4 is 24.3 Å². The van der Waals surface area contributed by atoms with Gasteiger partial charge in [0.05, 0.1) is 21.3 Å². The van der Waals surface area contributed by atoms with Crippen molar-refractivity contribution in [2.75, 3.05) is 41.1 Å². The van der Waals surface area contributed by atoms with Crippen molar-refractivity contribution >= 4 is 11.9 Å². The van der Waals surface area contributed by atoms with E-state index < -0.39 is 17.7 Å². The number of hydrogen-bond donors (Lipinski definition) is 1. The van der Waals surface area contributed by atoms with Gasteiger partial charge < -0.3 is 29.0 Å². The number of nitrogens with one attached hydrogen (secondary N) is 1. The zero-order valence-electron chi connectivity index (χ0n) is 16.3. The van der Waals surface area contributed by atoms with Crippen LogP contribution in [0, 0.1) is 5.82 Å². The molecule has 0 fully saturated rings. The van der Waals surface area contributed by atoms with Crippen LogP contribution in [-0.4, -0.2) is 53.0 Å². The third kappa shape index (κ3) is 6.00. The third-order valence-corrected chi connectivity index (χ3v) is 3.76. The molecule has 9 heteroatoms. The lowest BCUT2D eigenvalue weighted by atomic mass is 10.1. The molecule has 0 aliphatic heterocycles. The van der Waals surface area contributed by atoms with Crippen LogP contribution in [0.25, 0.3) is 0 Å². The van der Waals surface area contributed by atoms with Crippen LogP contribution in [0.3, 0.4) is 0 Å². The second-order valence-corrected chi connectivity index (χ2v) is 5.60. The molecule has 0 aromatic heterocycles. The van der Waals surface area contributed by atoms with Crippen LogP contribution in [0.1, 0.15) is 10.4 Å². The van der Waals surface area contributed by atoms with E-state index >= 15 is 0 Å². The van der Waals surface area contributed by atoms with Crippen LogP contribution in [0.2, 0.25) is 0 Å². The first-order chi connectivity index (χ1) is 14.0. The molecule has 29 heavy (non-hydrogen) atoms. The molecule has 156 valence electrons. The van der Waals surface area contributed by atoms with E-state index in [4.69, 9.17) is 23.7 Å². The molecule has 2 aromatic rings. The first kappa shape index (κ1) is 21.8. The quantitative estimate of drug-likeness (QED) is 0.477. The van der Waals surface area contributed by atoms with Crippen molar-refractivity contribution in [2.45, 2.75) is 0 Å². The summed E-state index contributed by atoms with van der Waals surface area (Å²) in [5.41, 5.74) is 0.218. The second-order valence-electron chi connectivity index (χ2n) is 5.60. The smallest absolute Gasteiger partial charge is 0.325 e. The van der Waals surface area contributed by atoms with Crippen molar-refractivity contribution in [2.24, 2.45) is 0 Å². The van der Waals surface area contributed by atoms with E-state index in [1.54, 1.807) is 12.1 Å². The minimum Gasteiger partial charge on any atom is -0.493 e. The number of esters is 1. The van der Waals surface area contributed by atoms with E-state index in [2.05, 4.69) is 5.32 Å². The Morgan fingerprint density at radius 1 is 0.931 bits per heavy atom. The Morgan fingerprint density at radius 3 is 2.17 bits per heavy atom. The fourth-order valence-corrected chi connectivity index (χ4v) is 2.39. The summed E-state index contributed by atoms with van der Waals surface area (Å²) >= 11 is 0. The standard InChI is InChI=1S/C20H22FNO7/c1-25-16-10-13(11-17(26-2)19(16)27-3)20(24)22-12-18(23)29-9-8-28-15-7-5-4-6-14(15)21/h4-7,10-11H,8-9,12H2,1-3H3,(H,22,24). The van der Waals surface area contributed by atoms with E-state index in [1.165, 1.54) is 45.6 Å². The molecule has 0 spiro atoms. The number of halogens is 1. The maximum absolute atomic E-state index is 13.4. The molecular formula is C20H22FNO7. The summed E-state index contributed by atoms with van der Waals surface area (Å²) in [4.78, 5) is 24.1. The van der Waals surface area contributed by atoms with Crippen molar-refractivity contribution in [3.63, 3.8) is 0 Å². The second kappa shape index (κ2) is 10.7. The summed E-state index contributed by atoms with van der Waals surface area (Å²) in [6, 6.07) is 8.82. The summed E-state index contributed by atoms with van der Waals surface area (Å²) in [5.74, 6) is -0.655. The minimum atomic E-state index is -0.664. The number of carbonyl (C=O) groups is 2. The number of ether oxygens (including phenoxy) is 5. The summed E-state index contributed by atoms with van der Waals surface area (Å²) in [5, 5.41) is 2.44. The molecular weight excluding hydrogens is 385 g/mol. The molecule has 2 rings (SSSR count). The van der Waals surface area contributed by atoms with Crippen LogP contribution >= 0.6 is 0 Å². The molecule has 0 unspecified atom stereocenters. The van der Waals surface area contributed by atoms with E-state index in [9.17, 15) is 14.0 Å². The Morgan fingerprint density at radius 2 is 1.59 bits per heavy atom. The molecule has 1 amide bonds. The first-order valence-electron chi connectivity index (χ1n) is 8.61. The van der Waals surface area contributed by atoms with Crippen molar-refractivity contribution < 1.29 is 37.7 Å². The van der Waals surface area contributed by atoms with Crippen molar-refractivity contribution in [1.29, 1.82) is 0 Å². The molecule has 8 nitrogen and oxygen atoms in total. The summed E-state index contributed by atoms with van der Waals surface area (Å²) in [6.45, 7) is -0.462. The SMILES string of the molecule is COc1cc(C(=O)NCC(=O)OCCOc2ccccc2F)cc(OC)c1OC. The highest BCUT2D eigenvalue weighted by Crippen LogP contribution is 2.38. The number of carbonyl (C=O) groups excluding carboxylic acids is 2. The largest absolute Gasteiger partial charge is 0.493 e. The molecule has 0 heterocycles. The maximum atomic E-state index is 13.4. The summed E-state index contributed by atoms with van der Waals surface area (Å²) < 4.78 is 39.1. The lowest BCUT2D eigenvalue weighted by Crippen LogP contribution is -2.31. The van der Waals surface area contributed by atoms with Crippen LogP contribution in [-0.2, 0) is 9.53 Å². The maximum Gasteiger partial charge on any atom is 0.325 e. The minimum absolute atomic E-state index is 0.0203. The average molecular weight is 407 g/mol. The molecule has 0 saturated carbocycles. The molecule has 2 aromatic carbocycles. The van der Waals surface area contributed by atoms with Gasteiger partial charge in [0.15, 0.2) is 23.1 Å². The number of hydrogen-bond acceptors (Lipinski definition) is 7. The van der Waals surface area contributed by atoms with Gasteiger partial charge in [-0.2, -0.15) is 0 Å². The van der Waals surface area contributed by atoms with Gasteiger partial charge in [0, 0.05) is 5.56 Å². The first-order valence-corrected chi connectivity index (χ1v) is 8.61. The summed E-state index contributed by atoms with van der Waals surface area (Å²) in [6.07, 6.45) is 0. The van der Waals surface area contributed by atoms with Crippen molar-refractivity contribution in [3.05, 3.63) is 47.8 Å². The van der Waals surface area contributed by atoms with E-state index in [-0.39, 0.29) is 31.1 Å². The lowest BCUT2D eigenvalue weighted by Gasteiger charge is -2.14. The number of rotatable bonds is 10. The fourth-order valence-electron chi connectivity index (χ4n) is 2.39. The molecule has 0 radical (unpaired) electrons. The van der Waals surface area contributed by atoms with Gasteiger partial charge in [-0.15, -0.1) is 0 Å². The van der Waals surface area contributed by atoms with Gasteiger partial charge >= 0.3 is 5.97 Å². The number of methoxy groups -OCH3 is 3. The van der Waals surface area contributed by atoms with Gasteiger partial charge in [0.25, 0.3) is 5.91 Å². The summed E-state index contributed by atoms with van der Waals surface area (Å²) in [7, 11) is 4.31. The topological polar surface area (TPSA) is 92.3 Å². The van der Waals surface area contributed by atoms with Gasteiger partial charge in [-0.3, -0.25) is 9.59 Å². The fraction of sp³-hybridized carbons (Fsp3) is 0.300. The molecule has 1 N–H and O–H groups in total. The van der Waals surface area contributed by atoms with Gasteiger partial charge in [0.1, 0.15) is 19.8 Å². The molecule has 0 aliphatic rings. The van der Waals surface area contributed by atoms with Crippen LogP contribution in [0.5, 0.6) is 23.0 Å². The Kier molecular flexibility index (Phi) is 8.08. The number of amides is 1. The van der Waals surface area contributed by atoms with Crippen molar-refractivity contribution in [3.8, 4) is 23.0 Å². The van der Waals surface area contributed by atoms with Crippen LogP contribution in [0.4, 0.5) is 4.39 Å². The van der Waals surface area contributed by atoms with E-state index in [0.717, 1.165) is 0 Å².